The maximum atomic E-state index is 13.0. The average Bonchev–Trinajstić information content (AvgIpc) is 3.31. The van der Waals surface area contributed by atoms with Gasteiger partial charge in [0, 0.05) is 25.6 Å². The highest BCUT2D eigenvalue weighted by Gasteiger charge is 2.33. The molecule has 0 spiro atoms. The Labute approximate surface area is 168 Å². The number of fused-ring (bicyclic) bond motifs is 3. The molecule has 28 heavy (non-hydrogen) atoms. The van der Waals surface area contributed by atoms with Crippen molar-refractivity contribution in [1.29, 1.82) is 0 Å². The topological polar surface area (TPSA) is 67.2 Å². The lowest BCUT2D eigenvalue weighted by atomic mass is 9.83. The molecule has 2 aromatic rings. The number of nitrogens with zero attached hydrogens (tertiary/aromatic N) is 3. The van der Waals surface area contributed by atoms with Gasteiger partial charge in [0.05, 0.1) is 10.3 Å². The van der Waals surface area contributed by atoms with Gasteiger partial charge in [0.1, 0.15) is 10.7 Å². The zero-order valence-electron chi connectivity index (χ0n) is 16.5. The fourth-order valence-electron chi connectivity index (χ4n) is 5.41. The maximum absolute atomic E-state index is 13.0. The molecule has 1 amide bonds. The van der Waals surface area contributed by atoms with Gasteiger partial charge in [-0.05, 0) is 63.6 Å². The van der Waals surface area contributed by atoms with Gasteiger partial charge >= 0.3 is 0 Å². The van der Waals surface area contributed by atoms with Crippen LogP contribution in [0.3, 0.4) is 0 Å². The fraction of sp³-hybridized carbons (Fsp3) is 0.667. The van der Waals surface area contributed by atoms with E-state index < -0.39 is 0 Å². The Hall–Kier alpha value is -1.73. The number of hydrogen-bond acceptors (Lipinski definition) is 5. The molecule has 5 heterocycles. The minimum absolute atomic E-state index is 0.0235. The molecule has 2 aromatic heterocycles. The largest absolute Gasteiger partial charge is 0.351 e. The highest BCUT2D eigenvalue weighted by molar-refractivity contribution is 7.20. The Morgan fingerprint density at radius 1 is 1.18 bits per heavy atom. The first-order valence-corrected chi connectivity index (χ1v) is 11.5. The minimum Gasteiger partial charge on any atom is -0.351 e. The van der Waals surface area contributed by atoms with Gasteiger partial charge in [-0.1, -0.05) is 6.42 Å². The van der Waals surface area contributed by atoms with Crippen molar-refractivity contribution in [2.45, 2.75) is 64.5 Å². The monoisotopic (exact) mass is 400 g/mol. The molecule has 7 heteroatoms. The Kier molecular flexibility index (Phi) is 4.75. The average molecular weight is 401 g/mol. The molecule has 0 bridgehead atoms. The van der Waals surface area contributed by atoms with Crippen LogP contribution in [0.15, 0.2) is 4.79 Å². The van der Waals surface area contributed by atoms with Crippen LogP contribution in [0.4, 0.5) is 0 Å². The SMILES string of the molecule is Cc1c(C(=O)NCC2CCCN3CCCCC23)sc2nc3n(c(=O)c12)CCC3. The standard InChI is InChI=1S/C21H28N4O2S/c1-13-17-20(23-16-8-5-11-25(16)21(17)27)28-18(13)19(26)22-12-14-6-4-10-24-9-3-2-7-15(14)24/h14-15H,2-12H2,1H3,(H,22,26). The van der Waals surface area contributed by atoms with E-state index in [1.165, 1.54) is 56.5 Å². The summed E-state index contributed by atoms with van der Waals surface area (Å²) < 4.78 is 1.78. The first kappa shape index (κ1) is 18.3. The summed E-state index contributed by atoms with van der Waals surface area (Å²) in [6.45, 7) is 5.79. The molecule has 0 saturated carbocycles. The number of aromatic nitrogens is 2. The Bertz CT molecular complexity index is 977. The number of aryl methyl sites for hydroxylation is 2. The van der Waals surface area contributed by atoms with Crippen LogP contribution < -0.4 is 10.9 Å². The van der Waals surface area contributed by atoms with Gasteiger partial charge in [0.25, 0.3) is 11.5 Å². The van der Waals surface area contributed by atoms with E-state index in [0.29, 0.717) is 22.2 Å². The van der Waals surface area contributed by atoms with E-state index in [2.05, 4.69) is 15.2 Å². The molecule has 0 aromatic carbocycles. The van der Waals surface area contributed by atoms with Crippen LogP contribution >= 0.6 is 11.3 Å². The normalized spacial score (nSPS) is 24.9. The van der Waals surface area contributed by atoms with Gasteiger partial charge in [-0.2, -0.15) is 0 Å². The van der Waals surface area contributed by atoms with E-state index >= 15 is 0 Å². The van der Waals surface area contributed by atoms with Crippen molar-refractivity contribution >= 4 is 27.5 Å². The number of amides is 1. The van der Waals surface area contributed by atoms with Crippen LogP contribution in [0.25, 0.3) is 10.2 Å². The Morgan fingerprint density at radius 3 is 2.93 bits per heavy atom. The zero-order valence-corrected chi connectivity index (χ0v) is 17.3. The van der Waals surface area contributed by atoms with E-state index in [1.807, 2.05) is 6.92 Å². The highest BCUT2D eigenvalue weighted by Crippen LogP contribution is 2.31. The minimum atomic E-state index is -0.0435. The van der Waals surface area contributed by atoms with E-state index in [4.69, 9.17) is 0 Å². The van der Waals surface area contributed by atoms with Gasteiger partial charge in [-0.3, -0.25) is 14.2 Å². The lowest BCUT2D eigenvalue weighted by molar-refractivity contribution is 0.0576. The summed E-state index contributed by atoms with van der Waals surface area (Å²) in [6.07, 6.45) is 8.13. The quantitative estimate of drug-likeness (QED) is 0.860. The van der Waals surface area contributed by atoms with Crippen molar-refractivity contribution in [1.82, 2.24) is 19.8 Å². The summed E-state index contributed by atoms with van der Waals surface area (Å²) in [4.78, 5) is 34.5. The smallest absolute Gasteiger partial charge is 0.262 e. The van der Waals surface area contributed by atoms with E-state index in [-0.39, 0.29) is 11.5 Å². The van der Waals surface area contributed by atoms with Gasteiger partial charge < -0.3 is 10.2 Å². The molecule has 5 rings (SSSR count). The van der Waals surface area contributed by atoms with Crippen LogP contribution in [0.2, 0.25) is 0 Å². The third kappa shape index (κ3) is 2.99. The molecule has 1 N–H and O–H groups in total. The second-order valence-corrected chi connectivity index (χ2v) is 9.54. The van der Waals surface area contributed by atoms with Crippen molar-refractivity contribution in [2.75, 3.05) is 19.6 Å². The number of thiophene rings is 1. The molecule has 2 unspecified atom stereocenters. The molecule has 6 nitrogen and oxygen atoms in total. The van der Waals surface area contributed by atoms with E-state index in [0.717, 1.165) is 42.1 Å². The van der Waals surface area contributed by atoms with Crippen LogP contribution in [-0.4, -0.2) is 46.0 Å². The summed E-state index contributed by atoms with van der Waals surface area (Å²) in [5.74, 6) is 1.36. The van der Waals surface area contributed by atoms with Crippen molar-refractivity contribution in [3.8, 4) is 0 Å². The van der Waals surface area contributed by atoms with E-state index in [1.54, 1.807) is 4.57 Å². The summed E-state index contributed by atoms with van der Waals surface area (Å²) in [6, 6.07) is 0.626. The first-order chi connectivity index (χ1) is 13.6. The van der Waals surface area contributed by atoms with Gasteiger partial charge in [0.2, 0.25) is 0 Å². The van der Waals surface area contributed by atoms with Crippen molar-refractivity contribution < 1.29 is 4.79 Å². The summed E-state index contributed by atoms with van der Waals surface area (Å²) in [7, 11) is 0. The third-order valence-electron chi connectivity index (χ3n) is 6.87. The zero-order chi connectivity index (χ0) is 19.3. The van der Waals surface area contributed by atoms with Crippen molar-refractivity contribution in [3.05, 3.63) is 26.6 Å². The van der Waals surface area contributed by atoms with Crippen molar-refractivity contribution in [2.24, 2.45) is 5.92 Å². The molecule has 3 aliphatic rings. The van der Waals surface area contributed by atoms with Gasteiger partial charge in [-0.15, -0.1) is 11.3 Å². The third-order valence-corrected chi connectivity index (χ3v) is 8.06. The van der Waals surface area contributed by atoms with Gasteiger partial charge in [0.15, 0.2) is 0 Å². The number of hydrogen-bond donors (Lipinski definition) is 1. The molecule has 0 aliphatic carbocycles. The lowest BCUT2D eigenvalue weighted by Gasteiger charge is -2.44. The predicted octanol–water partition coefficient (Wildman–Crippen LogP) is 2.71. The van der Waals surface area contributed by atoms with E-state index in [9.17, 15) is 9.59 Å². The highest BCUT2D eigenvalue weighted by atomic mass is 32.1. The summed E-state index contributed by atoms with van der Waals surface area (Å²) in [5, 5.41) is 3.82. The van der Waals surface area contributed by atoms with Crippen molar-refractivity contribution in [3.63, 3.8) is 0 Å². The number of carbonyl (C=O) groups is 1. The number of nitrogens with one attached hydrogen (secondary N) is 1. The lowest BCUT2D eigenvalue weighted by Crippen LogP contribution is -2.50. The molecule has 3 aliphatic heterocycles. The maximum Gasteiger partial charge on any atom is 0.262 e. The van der Waals surface area contributed by atoms with Crippen LogP contribution in [-0.2, 0) is 13.0 Å². The van der Waals surface area contributed by atoms with Crippen LogP contribution in [0.5, 0.6) is 0 Å². The first-order valence-electron chi connectivity index (χ1n) is 10.7. The molecule has 2 atom stereocenters. The van der Waals surface area contributed by atoms with Gasteiger partial charge in [-0.25, -0.2) is 4.98 Å². The number of rotatable bonds is 3. The second kappa shape index (κ2) is 7.26. The summed E-state index contributed by atoms with van der Waals surface area (Å²) in [5.41, 5.74) is 0.815. The predicted molar refractivity (Wildman–Crippen MR) is 111 cm³/mol. The number of carbonyl (C=O) groups excluding carboxylic acids is 1. The molecule has 2 fully saturated rings. The fourth-order valence-corrected chi connectivity index (χ4v) is 6.52. The second-order valence-electron chi connectivity index (χ2n) is 8.54. The molecule has 2 saturated heterocycles. The van der Waals surface area contributed by atoms with Crippen LogP contribution in [0.1, 0.15) is 59.6 Å². The molecule has 150 valence electrons. The Balaban J connectivity index is 1.36. The van der Waals surface area contributed by atoms with Crippen LogP contribution in [0, 0.1) is 12.8 Å². The molecular weight excluding hydrogens is 372 g/mol. The Morgan fingerprint density at radius 2 is 2.04 bits per heavy atom. The molecule has 0 radical (unpaired) electrons. The number of piperidine rings is 2. The summed E-state index contributed by atoms with van der Waals surface area (Å²) >= 11 is 1.37. The molecular formula is C21H28N4O2S.